The molecule has 0 aromatic rings. The maximum absolute atomic E-state index is 11.2. The predicted octanol–water partition coefficient (Wildman–Crippen LogP) is -3.26. The maximum atomic E-state index is 11.2. The first kappa shape index (κ1) is 49.8. The molecule has 0 fully saturated rings. The van der Waals surface area contributed by atoms with Crippen LogP contribution in [0.15, 0.2) is 12.7 Å². The minimum absolute atomic E-state index is 0.0197. The van der Waals surface area contributed by atoms with E-state index < -0.39 is 71.7 Å². The van der Waals surface area contributed by atoms with Gasteiger partial charge in [-0.1, -0.05) is 25.5 Å². The largest absolute Gasteiger partial charge is 0.480 e. The second kappa shape index (κ2) is 31.7. The first-order valence-electron chi connectivity index (χ1n) is 15.2. The van der Waals surface area contributed by atoms with Crippen molar-refractivity contribution in [3.05, 3.63) is 12.7 Å². The molecular formula is C30H48N6O15. The number of aliphatic carboxylic acids is 3. The van der Waals surface area contributed by atoms with Crippen LogP contribution in [0.25, 0.3) is 0 Å². The molecular weight excluding hydrogens is 684 g/mol. The standard InChI is InChI=1S/C10H18N2O5.C10H16N2O5.C10H14N2O5/c3*1-2-5-17-9(14)4-3-8(13)12-6-7(11)10(15)16/h7H,2-6,11H2,1H3,(H,12,13)(H,15,16);2,7H,1,3-6,11H2,(H,12,13)(H,15,16);1,7H,3-6,11H2,(H,12,13)(H,15,16)/t3*7-/m000/s1. The number of carboxylic acids is 3. The summed E-state index contributed by atoms with van der Waals surface area (Å²) < 4.78 is 13.9. The van der Waals surface area contributed by atoms with Crippen LogP contribution in [-0.2, 0) is 57.4 Å². The fourth-order valence-corrected chi connectivity index (χ4v) is 2.55. The average molecular weight is 733 g/mol. The van der Waals surface area contributed by atoms with Gasteiger partial charge in [0.2, 0.25) is 17.7 Å². The molecule has 0 aliphatic rings. The van der Waals surface area contributed by atoms with Crippen molar-refractivity contribution in [2.45, 2.75) is 70.0 Å². The Morgan fingerprint density at radius 3 is 1.27 bits per heavy atom. The van der Waals surface area contributed by atoms with Crippen LogP contribution in [0.2, 0.25) is 0 Å². The molecule has 0 aliphatic carbocycles. The summed E-state index contributed by atoms with van der Waals surface area (Å²) in [6, 6.07) is -3.44. The number of hydrogen-bond acceptors (Lipinski definition) is 15. The lowest BCUT2D eigenvalue weighted by molar-refractivity contribution is -0.145. The molecule has 0 bridgehead atoms. The molecule has 0 aromatic heterocycles. The zero-order valence-corrected chi connectivity index (χ0v) is 28.3. The van der Waals surface area contributed by atoms with Crippen molar-refractivity contribution < 1.29 is 72.7 Å². The zero-order chi connectivity index (χ0) is 39.8. The van der Waals surface area contributed by atoms with Gasteiger partial charge in [0.15, 0.2) is 6.61 Å². The summed E-state index contributed by atoms with van der Waals surface area (Å²) >= 11 is 0. The van der Waals surface area contributed by atoms with Gasteiger partial charge in [0.25, 0.3) is 0 Å². The van der Waals surface area contributed by atoms with Gasteiger partial charge in [-0.2, -0.15) is 0 Å². The lowest BCUT2D eigenvalue weighted by Gasteiger charge is -2.08. The Morgan fingerprint density at radius 2 is 0.980 bits per heavy atom. The van der Waals surface area contributed by atoms with Gasteiger partial charge >= 0.3 is 35.8 Å². The number of terminal acetylenes is 1. The Hall–Kier alpha value is -5.59. The van der Waals surface area contributed by atoms with E-state index in [9.17, 15) is 43.2 Å². The van der Waals surface area contributed by atoms with Crippen molar-refractivity contribution in [3.63, 3.8) is 0 Å². The monoisotopic (exact) mass is 732 g/mol. The summed E-state index contributed by atoms with van der Waals surface area (Å²) in [6.45, 7) is 5.03. The van der Waals surface area contributed by atoms with Gasteiger partial charge in [-0.05, 0) is 6.42 Å². The van der Waals surface area contributed by atoms with Crippen LogP contribution in [0.3, 0.4) is 0 Å². The first-order chi connectivity index (χ1) is 23.9. The van der Waals surface area contributed by atoms with Crippen LogP contribution in [0, 0.1) is 12.3 Å². The third-order valence-electron chi connectivity index (χ3n) is 5.32. The molecule has 12 N–H and O–H groups in total. The second-order valence-electron chi connectivity index (χ2n) is 9.80. The van der Waals surface area contributed by atoms with Gasteiger partial charge in [-0.25, -0.2) is 0 Å². The van der Waals surface area contributed by atoms with E-state index in [0.29, 0.717) is 6.61 Å². The molecule has 0 saturated heterocycles. The zero-order valence-electron chi connectivity index (χ0n) is 28.3. The molecule has 3 atom stereocenters. The maximum Gasteiger partial charge on any atom is 0.322 e. The van der Waals surface area contributed by atoms with Gasteiger partial charge in [-0.3, -0.25) is 43.2 Å². The lowest BCUT2D eigenvalue weighted by atomic mass is 10.2. The fraction of sp³-hybridized carbons (Fsp3) is 0.567. The smallest absolute Gasteiger partial charge is 0.322 e. The number of rotatable bonds is 23. The van der Waals surface area contributed by atoms with Gasteiger partial charge in [0.05, 0.1) is 25.9 Å². The highest BCUT2D eigenvalue weighted by molar-refractivity contribution is 5.83. The molecule has 0 aliphatic heterocycles. The summed E-state index contributed by atoms with van der Waals surface area (Å²) in [4.78, 5) is 97.4. The number of carbonyl (C=O) groups is 9. The van der Waals surface area contributed by atoms with E-state index in [1.54, 1.807) is 0 Å². The van der Waals surface area contributed by atoms with Crippen LogP contribution >= 0.6 is 0 Å². The Bertz CT molecular complexity index is 1200. The summed E-state index contributed by atoms with van der Waals surface area (Å²) in [5.74, 6) is -4.36. The Morgan fingerprint density at radius 1 is 0.647 bits per heavy atom. The van der Waals surface area contributed by atoms with Crippen LogP contribution in [0.4, 0.5) is 0 Å². The van der Waals surface area contributed by atoms with E-state index >= 15 is 0 Å². The van der Waals surface area contributed by atoms with Crippen molar-refractivity contribution in [1.82, 2.24) is 16.0 Å². The molecule has 0 radical (unpaired) electrons. The number of carbonyl (C=O) groups excluding carboxylic acids is 6. The second-order valence-corrected chi connectivity index (χ2v) is 9.80. The van der Waals surface area contributed by atoms with E-state index in [2.05, 4.69) is 37.9 Å². The summed E-state index contributed by atoms with van der Waals surface area (Å²) in [5, 5.41) is 32.3. The highest BCUT2D eigenvalue weighted by Crippen LogP contribution is 1.95. The molecule has 0 spiro atoms. The Kier molecular flexibility index (Phi) is 30.9. The van der Waals surface area contributed by atoms with Crippen LogP contribution in [-0.4, -0.2) is 126 Å². The average Bonchev–Trinajstić information content (AvgIpc) is 3.09. The third-order valence-corrected chi connectivity index (χ3v) is 5.32. The van der Waals surface area contributed by atoms with E-state index in [0.717, 1.165) is 6.42 Å². The van der Waals surface area contributed by atoms with Gasteiger partial charge in [0.1, 0.15) is 24.7 Å². The fourth-order valence-electron chi connectivity index (χ4n) is 2.55. The van der Waals surface area contributed by atoms with E-state index in [1.807, 2.05) is 6.92 Å². The highest BCUT2D eigenvalue weighted by atomic mass is 16.5. The molecule has 3 amide bonds. The summed E-state index contributed by atoms with van der Waals surface area (Å²) in [5.41, 5.74) is 15.5. The molecule has 0 unspecified atom stereocenters. The number of carboxylic acid groups (broad SMARTS) is 3. The molecule has 21 nitrogen and oxygen atoms in total. The molecule has 0 heterocycles. The SMILES string of the molecule is C#CCOC(=O)CCC(=O)NC[C@H](N)C(=O)O.C=CCOC(=O)CCC(=O)NC[C@H](N)C(=O)O.CCCOC(=O)CCC(=O)NC[C@H](N)C(=O)O. The van der Waals surface area contributed by atoms with Gasteiger partial charge in [0, 0.05) is 38.9 Å². The van der Waals surface area contributed by atoms with Crippen molar-refractivity contribution in [3.8, 4) is 12.3 Å². The number of hydrogen-bond donors (Lipinski definition) is 9. The number of ether oxygens (including phenoxy) is 3. The lowest BCUT2D eigenvalue weighted by Crippen LogP contribution is -2.42. The molecule has 0 rings (SSSR count). The van der Waals surface area contributed by atoms with Gasteiger partial charge in [-0.15, -0.1) is 6.42 Å². The van der Waals surface area contributed by atoms with Crippen molar-refractivity contribution in [2.24, 2.45) is 17.2 Å². The van der Waals surface area contributed by atoms with E-state index in [-0.39, 0.29) is 71.4 Å². The Balaban J connectivity index is -0.000000678. The molecule has 288 valence electrons. The van der Waals surface area contributed by atoms with Crippen molar-refractivity contribution in [2.75, 3.05) is 39.5 Å². The van der Waals surface area contributed by atoms with Crippen LogP contribution < -0.4 is 33.2 Å². The number of nitrogens with two attached hydrogens (primary N) is 3. The Labute approximate surface area is 293 Å². The van der Waals surface area contributed by atoms with Crippen molar-refractivity contribution >= 4 is 53.5 Å². The third kappa shape index (κ3) is 34.1. The quantitative estimate of drug-likeness (QED) is 0.0215. The summed E-state index contributed by atoms with van der Waals surface area (Å²) in [7, 11) is 0. The van der Waals surface area contributed by atoms with Gasteiger partial charge < -0.3 is 62.7 Å². The molecule has 51 heavy (non-hydrogen) atoms. The molecule has 0 aromatic carbocycles. The van der Waals surface area contributed by atoms with E-state index in [1.165, 1.54) is 6.08 Å². The number of esters is 3. The van der Waals surface area contributed by atoms with Crippen LogP contribution in [0.1, 0.15) is 51.9 Å². The topological polar surface area (TPSA) is 356 Å². The van der Waals surface area contributed by atoms with Crippen LogP contribution in [0.5, 0.6) is 0 Å². The minimum Gasteiger partial charge on any atom is -0.480 e. The minimum atomic E-state index is -1.21. The molecule has 0 saturated carbocycles. The van der Waals surface area contributed by atoms with Crippen molar-refractivity contribution in [1.29, 1.82) is 0 Å². The number of nitrogens with one attached hydrogen (secondary N) is 3. The molecule has 21 heteroatoms. The number of amides is 3. The summed E-state index contributed by atoms with van der Waals surface area (Å²) in [6.07, 6.45) is 6.61. The normalized spacial score (nSPS) is 11.4. The highest BCUT2D eigenvalue weighted by Gasteiger charge is 2.15. The first-order valence-corrected chi connectivity index (χ1v) is 15.2. The van der Waals surface area contributed by atoms with E-state index in [4.69, 9.17) is 43.7 Å². The predicted molar refractivity (Wildman–Crippen MR) is 176 cm³/mol.